The van der Waals surface area contributed by atoms with Crippen molar-refractivity contribution >= 4 is 23.5 Å². The van der Waals surface area contributed by atoms with Crippen molar-refractivity contribution in [1.82, 2.24) is 4.98 Å². The van der Waals surface area contributed by atoms with Crippen molar-refractivity contribution < 1.29 is 9.59 Å². The maximum absolute atomic E-state index is 12.5. The fraction of sp³-hybridized carbons (Fsp3) is 0.188. The fourth-order valence-corrected chi connectivity index (χ4v) is 3.32. The number of aromatic nitrogens is 1. The second-order valence-electron chi connectivity index (χ2n) is 5.05. The maximum atomic E-state index is 12.5. The predicted octanol–water partition coefficient (Wildman–Crippen LogP) is 2.56. The van der Waals surface area contributed by atoms with Crippen LogP contribution in [0.5, 0.6) is 0 Å². The van der Waals surface area contributed by atoms with Gasteiger partial charge in [0.1, 0.15) is 5.03 Å². The van der Waals surface area contributed by atoms with Gasteiger partial charge in [-0.1, -0.05) is 23.9 Å². The number of pyridine rings is 1. The first-order valence-electron chi connectivity index (χ1n) is 6.64. The minimum Gasteiger partial charge on any atom is -0.369 e. The number of nitrogens with two attached hydrogens (primary N) is 1. The van der Waals surface area contributed by atoms with E-state index in [-0.39, 0.29) is 5.78 Å². The van der Waals surface area contributed by atoms with Gasteiger partial charge in [0, 0.05) is 23.1 Å². The van der Waals surface area contributed by atoms with Crippen LogP contribution in [-0.2, 0) is 11.2 Å². The highest BCUT2D eigenvalue weighted by atomic mass is 32.2. The van der Waals surface area contributed by atoms with Gasteiger partial charge in [0.25, 0.3) is 0 Å². The van der Waals surface area contributed by atoms with Crippen LogP contribution in [0.15, 0.2) is 46.5 Å². The molecule has 1 atom stereocenters. The van der Waals surface area contributed by atoms with Crippen molar-refractivity contribution in [2.75, 3.05) is 0 Å². The van der Waals surface area contributed by atoms with Crippen LogP contribution in [0, 0.1) is 0 Å². The first-order chi connectivity index (χ1) is 10.1. The third-order valence-corrected chi connectivity index (χ3v) is 4.78. The zero-order valence-corrected chi connectivity index (χ0v) is 12.3. The van der Waals surface area contributed by atoms with Gasteiger partial charge in [-0.15, -0.1) is 0 Å². The van der Waals surface area contributed by atoms with Gasteiger partial charge >= 0.3 is 0 Å². The number of benzene rings is 1. The minimum absolute atomic E-state index is 0.0442. The van der Waals surface area contributed by atoms with Crippen LogP contribution in [0.25, 0.3) is 0 Å². The summed E-state index contributed by atoms with van der Waals surface area (Å²) in [5, 5.41) is 0.861. The van der Waals surface area contributed by atoms with E-state index in [2.05, 4.69) is 4.98 Å². The van der Waals surface area contributed by atoms with Crippen LogP contribution in [0.4, 0.5) is 0 Å². The summed E-state index contributed by atoms with van der Waals surface area (Å²) >= 11 is 1.49. The molecule has 21 heavy (non-hydrogen) atoms. The Labute approximate surface area is 126 Å². The topological polar surface area (TPSA) is 73.1 Å². The van der Waals surface area contributed by atoms with E-state index >= 15 is 0 Å². The Morgan fingerprint density at radius 1 is 1.38 bits per heavy atom. The van der Waals surface area contributed by atoms with Gasteiger partial charge in [-0.3, -0.25) is 9.59 Å². The number of ketones is 1. The second kappa shape index (κ2) is 5.33. The number of hydrogen-bond donors (Lipinski definition) is 1. The lowest BCUT2D eigenvalue weighted by atomic mass is 9.96. The Hall–Kier alpha value is -2.14. The summed E-state index contributed by atoms with van der Waals surface area (Å²) in [6.07, 6.45) is 2.06. The number of fused-ring (bicyclic) bond motifs is 2. The van der Waals surface area contributed by atoms with E-state index in [1.54, 1.807) is 19.2 Å². The van der Waals surface area contributed by atoms with Gasteiger partial charge in [-0.05, 0) is 36.2 Å². The molecule has 2 heterocycles. The number of primary amides is 1. The number of Topliss-reactive ketones (excluding diaryl/α,β-unsaturated/α-hetero) is 1. The molecule has 106 valence electrons. The molecule has 0 aliphatic carbocycles. The Morgan fingerprint density at radius 3 is 2.95 bits per heavy atom. The summed E-state index contributed by atoms with van der Waals surface area (Å²) < 4.78 is 0. The molecule has 2 aromatic rings. The summed E-state index contributed by atoms with van der Waals surface area (Å²) in [6.45, 7) is 1.74. The Kier molecular flexibility index (Phi) is 3.51. The zero-order chi connectivity index (χ0) is 15.0. The molecule has 1 unspecified atom stereocenters. The summed E-state index contributed by atoms with van der Waals surface area (Å²) in [7, 11) is 0. The number of rotatable bonds is 2. The van der Waals surface area contributed by atoms with Gasteiger partial charge in [0.15, 0.2) is 5.78 Å². The van der Waals surface area contributed by atoms with Gasteiger partial charge in [0.05, 0.1) is 5.92 Å². The SMILES string of the molecule is CC(C(N)=O)c1ccc2c(c1)C(=O)Cc1cccnc1S2. The van der Waals surface area contributed by atoms with Gasteiger partial charge < -0.3 is 5.73 Å². The standard InChI is InChI=1S/C16H14N2O2S/c1-9(15(17)20)10-4-5-14-12(7-10)13(19)8-11-3-2-6-18-16(11)21-14/h2-7,9H,8H2,1H3,(H2,17,20). The summed E-state index contributed by atoms with van der Waals surface area (Å²) in [5.74, 6) is -0.756. The molecule has 4 nitrogen and oxygen atoms in total. The minimum atomic E-state index is -0.406. The highest BCUT2D eigenvalue weighted by molar-refractivity contribution is 7.99. The van der Waals surface area contributed by atoms with Crippen LogP contribution in [0.1, 0.15) is 34.3 Å². The van der Waals surface area contributed by atoms with E-state index in [1.807, 2.05) is 24.3 Å². The Balaban J connectivity index is 2.06. The molecule has 1 aromatic carbocycles. The van der Waals surface area contributed by atoms with Crippen LogP contribution in [0.3, 0.4) is 0 Å². The van der Waals surface area contributed by atoms with Crippen molar-refractivity contribution in [1.29, 1.82) is 0 Å². The first-order valence-corrected chi connectivity index (χ1v) is 7.46. The van der Waals surface area contributed by atoms with Gasteiger partial charge in [0.2, 0.25) is 5.91 Å². The van der Waals surface area contributed by atoms with E-state index < -0.39 is 11.8 Å². The molecule has 2 N–H and O–H groups in total. The van der Waals surface area contributed by atoms with Crippen LogP contribution >= 0.6 is 11.8 Å². The summed E-state index contributed by atoms with van der Waals surface area (Å²) in [6, 6.07) is 9.26. The van der Waals surface area contributed by atoms with Crippen molar-refractivity contribution in [2.45, 2.75) is 29.2 Å². The molecule has 0 radical (unpaired) electrons. The second-order valence-corrected chi connectivity index (χ2v) is 6.08. The molecule has 5 heteroatoms. The lowest BCUT2D eigenvalue weighted by Crippen LogP contribution is -2.19. The normalized spacial score (nSPS) is 14.8. The van der Waals surface area contributed by atoms with E-state index in [0.29, 0.717) is 12.0 Å². The number of amides is 1. The number of carbonyl (C=O) groups excluding carboxylic acids is 2. The average molecular weight is 298 g/mol. The third-order valence-electron chi connectivity index (χ3n) is 3.64. The van der Waals surface area contributed by atoms with Gasteiger partial charge in [-0.25, -0.2) is 4.98 Å². The highest BCUT2D eigenvalue weighted by Gasteiger charge is 2.23. The van der Waals surface area contributed by atoms with Crippen molar-refractivity contribution in [3.63, 3.8) is 0 Å². The van der Waals surface area contributed by atoms with Crippen LogP contribution in [0.2, 0.25) is 0 Å². The zero-order valence-electron chi connectivity index (χ0n) is 11.5. The third kappa shape index (κ3) is 2.56. The monoisotopic (exact) mass is 298 g/mol. The van der Waals surface area contributed by atoms with Crippen molar-refractivity contribution in [3.8, 4) is 0 Å². The molecular formula is C16H14N2O2S. The average Bonchev–Trinajstić information content (AvgIpc) is 2.62. The molecule has 0 bridgehead atoms. The molecule has 1 amide bonds. The lowest BCUT2D eigenvalue weighted by molar-refractivity contribution is -0.119. The maximum Gasteiger partial charge on any atom is 0.224 e. The molecule has 0 spiro atoms. The highest BCUT2D eigenvalue weighted by Crippen LogP contribution is 2.36. The van der Waals surface area contributed by atoms with Crippen molar-refractivity contribution in [2.24, 2.45) is 5.73 Å². The number of nitrogens with zero attached hydrogens (tertiary/aromatic N) is 1. The molecule has 1 aliphatic heterocycles. The molecule has 1 aliphatic rings. The number of hydrogen-bond acceptors (Lipinski definition) is 4. The molecule has 1 aromatic heterocycles. The summed E-state index contributed by atoms with van der Waals surface area (Å²) in [5.41, 5.74) is 7.69. The number of carbonyl (C=O) groups is 2. The van der Waals surface area contributed by atoms with E-state index in [1.165, 1.54) is 11.8 Å². The Bertz CT molecular complexity index is 743. The van der Waals surface area contributed by atoms with Gasteiger partial charge in [-0.2, -0.15) is 0 Å². The summed E-state index contributed by atoms with van der Waals surface area (Å²) in [4.78, 5) is 29.0. The first kappa shape index (κ1) is 13.8. The largest absolute Gasteiger partial charge is 0.369 e. The lowest BCUT2D eigenvalue weighted by Gasteiger charge is -2.11. The van der Waals surface area contributed by atoms with Crippen LogP contribution < -0.4 is 5.73 Å². The molecule has 3 rings (SSSR count). The fourth-order valence-electron chi connectivity index (χ4n) is 2.31. The van der Waals surface area contributed by atoms with Crippen molar-refractivity contribution in [3.05, 3.63) is 53.2 Å². The molecule has 0 saturated heterocycles. The molecule has 0 saturated carbocycles. The smallest absolute Gasteiger partial charge is 0.224 e. The Morgan fingerprint density at radius 2 is 2.19 bits per heavy atom. The molecule has 0 fully saturated rings. The van der Waals surface area contributed by atoms with Crippen LogP contribution in [-0.4, -0.2) is 16.7 Å². The van der Waals surface area contributed by atoms with E-state index in [4.69, 9.17) is 5.73 Å². The molecular weight excluding hydrogens is 284 g/mol. The predicted molar refractivity (Wildman–Crippen MR) is 80.4 cm³/mol. The quantitative estimate of drug-likeness (QED) is 0.924. The van der Waals surface area contributed by atoms with E-state index in [0.717, 1.165) is 21.0 Å². The van der Waals surface area contributed by atoms with E-state index in [9.17, 15) is 9.59 Å².